The molecule has 67 heavy (non-hydrogen) atoms. The summed E-state index contributed by atoms with van der Waals surface area (Å²) in [7, 11) is -2.89. The molecule has 22 heteroatoms. The van der Waals surface area contributed by atoms with Gasteiger partial charge in [-0.3, -0.25) is 38.9 Å². The number of H-pyrrole nitrogens is 1. The van der Waals surface area contributed by atoms with Gasteiger partial charge in [0.05, 0.1) is 11.3 Å². The van der Waals surface area contributed by atoms with E-state index in [2.05, 4.69) is 35.3 Å². The Bertz CT molecular complexity index is 2780. The molecule has 3 aliphatic heterocycles. The summed E-state index contributed by atoms with van der Waals surface area (Å²) >= 11 is 0. The molecule has 0 radical (unpaired) electrons. The van der Waals surface area contributed by atoms with Crippen molar-refractivity contribution in [3.63, 3.8) is 0 Å². The normalized spacial score (nSPS) is 18.1. The minimum Gasteiger partial charge on any atom is -0.481 e. The Morgan fingerprint density at radius 1 is 0.955 bits per heavy atom. The van der Waals surface area contributed by atoms with Crippen LogP contribution in [0, 0.1) is 11.6 Å². The molecule has 3 amide bonds. The molecule has 0 spiro atoms. The molecule has 352 valence electrons. The van der Waals surface area contributed by atoms with Gasteiger partial charge in [-0.15, -0.1) is 0 Å². The number of halogens is 2. The summed E-state index contributed by atoms with van der Waals surface area (Å²) in [5, 5.41) is 5.61. The zero-order valence-corrected chi connectivity index (χ0v) is 37.4. The van der Waals surface area contributed by atoms with Gasteiger partial charge in [0.1, 0.15) is 17.2 Å². The highest BCUT2D eigenvalue weighted by Gasteiger charge is 2.34. The number of pyridine rings is 1. The van der Waals surface area contributed by atoms with Gasteiger partial charge in [0.25, 0.3) is 18.3 Å². The average molecular weight is 943 g/mol. The van der Waals surface area contributed by atoms with Gasteiger partial charge in [-0.05, 0) is 67.5 Å². The van der Waals surface area contributed by atoms with E-state index >= 15 is 8.78 Å². The monoisotopic (exact) mass is 942 g/mol. The first kappa shape index (κ1) is 46.6. The Labute approximate surface area is 383 Å². The molecule has 2 atom stereocenters. The van der Waals surface area contributed by atoms with Crippen molar-refractivity contribution in [3.8, 4) is 16.9 Å². The maximum atomic E-state index is 15.6. The lowest BCUT2D eigenvalue weighted by Gasteiger charge is -2.37. The molecule has 8 rings (SSSR count). The quantitative estimate of drug-likeness (QED) is 0.0626. The van der Waals surface area contributed by atoms with Crippen LogP contribution in [-0.2, 0) is 34.1 Å². The van der Waals surface area contributed by atoms with Crippen LogP contribution in [0.2, 0.25) is 0 Å². The number of imide groups is 1. The van der Waals surface area contributed by atoms with Crippen molar-refractivity contribution in [3.05, 3.63) is 95.6 Å². The number of nitrogens with zero attached hydrogens (tertiary/aromatic N) is 6. The van der Waals surface area contributed by atoms with Gasteiger partial charge in [-0.25, -0.2) is 23.7 Å². The number of fused-ring (bicyclic) bond motifs is 1. The van der Waals surface area contributed by atoms with E-state index in [0.717, 1.165) is 34.8 Å². The molecule has 19 nitrogen and oxygen atoms in total. The average Bonchev–Trinajstić information content (AvgIpc) is 3.76. The first-order chi connectivity index (χ1) is 32.2. The van der Waals surface area contributed by atoms with Gasteiger partial charge < -0.3 is 24.7 Å². The third-order valence-electron chi connectivity index (χ3n) is 12.4. The van der Waals surface area contributed by atoms with Crippen molar-refractivity contribution in [2.75, 3.05) is 49.4 Å². The molecule has 2 unspecified atom stereocenters. The third kappa shape index (κ3) is 10.2. The fourth-order valence-corrected chi connectivity index (χ4v) is 9.37. The van der Waals surface area contributed by atoms with Crippen LogP contribution in [0.3, 0.4) is 0 Å². The minimum absolute atomic E-state index is 0.0862. The molecular weight excluding hydrogens is 895 g/mol. The van der Waals surface area contributed by atoms with E-state index in [-0.39, 0.29) is 53.9 Å². The lowest BCUT2D eigenvalue weighted by atomic mass is 9.89. The van der Waals surface area contributed by atoms with Gasteiger partial charge >= 0.3 is 10.2 Å². The summed E-state index contributed by atoms with van der Waals surface area (Å²) < 4.78 is 69.9. The summed E-state index contributed by atoms with van der Waals surface area (Å²) in [6, 6.07) is 10.7. The number of anilines is 2. The predicted molar refractivity (Wildman–Crippen MR) is 239 cm³/mol. The highest BCUT2D eigenvalue weighted by atomic mass is 32.2. The van der Waals surface area contributed by atoms with Gasteiger partial charge in [-0.2, -0.15) is 12.7 Å². The molecule has 0 bridgehead atoms. The van der Waals surface area contributed by atoms with Crippen molar-refractivity contribution in [1.29, 1.82) is 0 Å². The van der Waals surface area contributed by atoms with E-state index in [0.29, 0.717) is 68.3 Å². The Hall–Kier alpha value is -6.91. The predicted octanol–water partition coefficient (Wildman–Crippen LogP) is 3.79. The molecule has 3 saturated heterocycles. The Morgan fingerprint density at radius 3 is 2.33 bits per heavy atom. The van der Waals surface area contributed by atoms with Crippen LogP contribution in [0.4, 0.5) is 20.4 Å². The lowest BCUT2D eigenvalue weighted by Crippen LogP contribution is -2.54. The Morgan fingerprint density at radius 2 is 1.66 bits per heavy atom. The van der Waals surface area contributed by atoms with Crippen LogP contribution in [0.25, 0.3) is 22.2 Å². The van der Waals surface area contributed by atoms with Crippen LogP contribution in [0.1, 0.15) is 72.9 Å². The minimum atomic E-state index is -4.17. The first-order valence-corrected chi connectivity index (χ1v) is 23.2. The number of ketones is 1. The Balaban J connectivity index is 0.844. The van der Waals surface area contributed by atoms with E-state index in [4.69, 9.17) is 9.47 Å². The number of carbonyl (C=O) groups is 5. The maximum Gasteiger partial charge on any atom is 0.301 e. The Kier molecular flexibility index (Phi) is 13.8. The highest BCUT2D eigenvalue weighted by Crippen LogP contribution is 2.32. The van der Waals surface area contributed by atoms with Crippen LogP contribution >= 0.6 is 0 Å². The second-order valence-electron chi connectivity index (χ2n) is 16.5. The zero-order valence-electron chi connectivity index (χ0n) is 36.5. The SMILES string of the molecule is CCN(C)S(=O)(=O)Nc1ccc(F)c(C(=O)c2c[nH]c3ncc(-c4cnc(N5CCC(NC(=O)C(OC=O)N6CCC(c7ccc(OC8CCC(=O)NC8=O)cc7)CC6)CC5)nc4)cc23)c1F. The molecule has 3 aromatic heterocycles. The summed E-state index contributed by atoms with van der Waals surface area (Å²) in [6.07, 6.45) is 7.34. The fourth-order valence-electron chi connectivity index (χ4n) is 8.44. The van der Waals surface area contributed by atoms with Gasteiger partial charge in [-0.1, -0.05) is 19.1 Å². The first-order valence-electron chi connectivity index (χ1n) is 21.8. The fraction of sp³-hybridized carbons (Fsp3) is 0.378. The summed E-state index contributed by atoms with van der Waals surface area (Å²) in [5.41, 5.74) is 0.816. The van der Waals surface area contributed by atoms with E-state index in [9.17, 15) is 32.4 Å². The van der Waals surface area contributed by atoms with E-state index in [1.54, 1.807) is 37.5 Å². The topological polar surface area (TPSA) is 238 Å². The number of rotatable bonds is 16. The van der Waals surface area contributed by atoms with Crippen molar-refractivity contribution in [2.24, 2.45) is 0 Å². The standard InChI is InChI=1S/C45H48F2N10O9S/c1-3-55(2)67(63,64)54-35-9-8-34(46)38(39(35)47)40(60)33-24-49-41-32(33)20-28(21-48-41)29-22-50-45(51-23-29)57-18-14-30(15-19-57)52-43(62)44(65-25-58)56-16-12-27(13-17-56)26-4-6-31(7-5-26)66-36-10-11-37(59)53-42(36)61/h4-9,20-25,27,30,36,44,54H,3,10-19H2,1-2H3,(H,48,49)(H,52,62)(H,53,59,61). The maximum absolute atomic E-state index is 15.6. The molecule has 2 aromatic carbocycles. The number of aromatic nitrogens is 4. The number of hydrogen-bond donors (Lipinski definition) is 4. The molecule has 0 saturated carbocycles. The van der Waals surface area contributed by atoms with Crippen molar-refractivity contribution < 1.29 is 50.6 Å². The largest absolute Gasteiger partial charge is 0.481 e. The number of hydrogen-bond acceptors (Lipinski definition) is 14. The van der Waals surface area contributed by atoms with Gasteiger partial charge in [0, 0.05) is 106 Å². The third-order valence-corrected chi connectivity index (χ3v) is 13.9. The number of amides is 3. The van der Waals surface area contributed by atoms with Crippen molar-refractivity contribution in [1.82, 2.24) is 39.8 Å². The van der Waals surface area contributed by atoms with E-state index in [1.165, 1.54) is 19.4 Å². The number of ether oxygens (including phenoxy) is 2. The van der Waals surface area contributed by atoms with Gasteiger partial charge in [0.15, 0.2) is 11.9 Å². The summed E-state index contributed by atoms with van der Waals surface area (Å²) in [4.78, 5) is 82.4. The number of nitrogens with one attached hydrogen (secondary N) is 4. The number of benzene rings is 2. The molecule has 4 N–H and O–H groups in total. The van der Waals surface area contributed by atoms with Crippen LogP contribution in [0.5, 0.6) is 5.75 Å². The molecule has 3 fully saturated rings. The highest BCUT2D eigenvalue weighted by molar-refractivity contribution is 7.90. The van der Waals surface area contributed by atoms with Gasteiger partial charge in [0.2, 0.25) is 23.9 Å². The zero-order chi connectivity index (χ0) is 47.4. The van der Waals surface area contributed by atoms with Crippen LogP contribution in [-0.4, -0.2) is 126 Å². The second-order valence-corrected chi connectivity index (χ2v) is 18.3. The number of piperidine rings is 3. The molecule has 3 aliphatic rings. The molecule has 5 aromatic rings. The number of likely N-dealkylation sites (tertiary alicyclic amines) is 1. The molecule has 0 aliphatic carbocycles. The number of aromatic amines is 1. The second kappa shape index (κ2) is 19.9. The smallest absolute Gasteiger partial charge is 0.301 e. The summed E-state index contributed by atoms with van der Waals surface area (Å²) in [5.74, 6) is -3.52. The van der Waals surface area contributed by atoms with Crippen molar-refractivity contribution in [2.45, 2.75) is 69.7 Å². The molecule has 6 heterocycles. The van der Waals surface area contributed by atoms with Crippen molar-refractivity contribution >= 4 is 62.9 Å². The van der Waals surface area contributed by atoms with E-state index in [1.807, 2.05) is 21.9 Å². The number of carbonyl (C=O) groups excluding carboxylic acids is 5. The van der Waals surface area contributed by atoms with Crippen LogP contribution in [0.15, 0.2) is 67.3 Å². The summed E-state index contributed by atoms with van der Waals surface area (Å²) in [6.45, 7) is 4.05. The molecular formula is C45H48F2N10O9S. The van der Waals surface area contributed by atoms with Crippen LogP contribution < -0.4 is 25.0 Å². The van der Waals surface area contributed by atoms with E-state index < -0.39 is 63.0 Å². The lowest BCUT2D eigenvalue weighted by molar-refractivity contribution is -0.159.